The Hall–Kier alpha value is -3.32. The van der Waals surface area contributed by atoms with E-state index in [1.165, 1.54) is 11.0 Å². The third kappa shape index (κ3) is 2.93. The summed E-state index contributed by atoms with van der Waals surface area (Å²) in [5, 5.41) is 0.334. The molecule has 0 radical (unpaired) electrons. The number of amides is 1. The molecule has 5 nitrogen and oxygen atoms in total. The lowest BCUT2D eigenvalue weighted by Gasteiger charge is -2.25. The average molecular weight is 465 g/mol. The molecule has 4 aromatic rings. The second-order valence-electron chi connectivity index (χ2n) is 7.03. The van der Waals surface area contributed by atoms with Gasteiger partial charge in [-0.3, -0.25) is 14.6 Å². The first-order valence-corrected chi connectivity index (χ1v) is 10.0. The zero-order valence-electron chi connectivity index (χ0n) is 15.5. The molecule has 1 amide bonds. The van der Waals surface area contributed by atoms with E-state index in [0.29, 0.717) is 15.4 Å². The summed E-state index contributed by atoms with van der Waals surface area (Å²) in [5.74, 6) is -0.996. The zero-order chi connectivity index (χ0) is 20.8. The van der Waals surface area contributed by atoms with Crippen LogP contribution in [0.2, 0.25) is 0 Å². The Morgan fingerprint density at radius 1 is 1.10 bits per heavy atom. The number of nitrogens with zero attached hydrogens (tertiary/aromatic N) is 2. The number of carbonyl (C=O) groups excluding carboxylic acids is 1. The van der Waals surface area contributed by atoms with E-state index >= 15 is 0 Å². The molecule has 0 saturated heterocycles. The molecule has 30 heavy (non-hydrogen) atoms. The number of hydrogen-bond donors (Lipinski definition) is 0. The number of aromatic nitrogens is 1. The fourth-order valence-corrected chi connectivity index (χ4v) is 4.23. The molecule has 1 atom stereocenters. The number of fused-ring (bicyclic) bond motifs is 2. The van der Waals surface area contributed by atoms with Gasteiger partial charge in [-0.15, -0.1) is 0 Å². The molecule has 3 heterocycles. The van der Waals surface area contributed by atoms with Crippen molar-refractivity contribution in [3.63, 3.8) is 0 Å². The lowest BCUT2D eigenvalue weighted by Crippen LogP contribution is -2.29. The molecule has 0 N–H and O–H groups in total. The summed E-state index contributed by atoms with van der Waals surface area (Å²) in [5.41, 5.74) is 1.13. The van der Waals surface area contributed by atoms with Crippen molar-refractivity contribution in [2.24, 2.45) is 0 Å². The van der Waals surface area contributed by atoms with Crippen molar-refractivity contribution in [1.82, 2.24) is 9.88 Å². The highest BCUT2D eigenvalue weighted by molar-refractivity contribution is 9.10. The number of rotatable bonds is 3. The maximum absolute atomic E-state index is 14.8. The van der Waals surface area contributed by atoms with Gasteiger partial charge in [-0.2, -0.15) is 0 Å². The molecule has 5 rings (SSSR count). The zero-order valence-corrected chi connectivity index (χ0v) is 17.1. The number of hydrogen-bond acceptors (Lipinski definition) is 4. The van der Waals surface area contributed by atoms with Crippen LogP contribution in [0.25, 0.3) is 11.0 Å². The van der Waals surface area contributed by atoms with Gasteiger partial charge >= 0.3 is 0 Å². The molecule has 0 saturated carbocycles. The summed E-state index contributed by atoms with van der Waals surface area (Å²) in [6, 6.07) is 13.9. The van der Waals surface area contributed by atoms with Gasteiger partial charge in [0, 0.05) is 29.0 Å². The summed E-state index contributed by atoms with van der Waals surface area (Å²) in [4.78, 5) is 32.3. The van der Waals surface area contributed by atoms with E-state index in [-0.39, 0.29) is 28.9 Å². The second kappa shape index (κ2) is 7.18. The lowest BCUT2D eigenvalue weighted by atomic mass is 9.98. The molecule has 1 unspecified atom stereocenters. The monoisotopic (exact) mass is 464 g/mol. The van der Waals surface area contributed by atoms with Gasteiger partial charge in [0.1, 0.15) is 11.4 Å². The molecule has 1 aliphatic heterocycles. The number of benzene rings is 2. The van der Waals surface area contributed by atoms with Crippen molar-refractivity contribution in [3.8, 4) is 0 Å². The van der Waals surface area contributed by atoms with Crippen LogP contribution in [0.15, 0.2) is 80.7 Å². The third-order valence-corrected chi connectivity index (χ3v) is 5.70. The first-order chi connectivity index (χ1) is 14.5. The topological polar surface area (TPSA) is 63.4 Å². The van der Waals surface area contributed by atoms with E-state index in [0.717, 1.165) is 5.56 Å². The van der Waals surface area contributed by atoms with E-state index in [1.807, 2.05) is 6.07 Å². The molecular formula is C23H14BrFN2O3. The van der Waals surface area contributed by atoms with E-state index < -0.39 is 17.8 Å². The van der Waals surface area contributed by atoms with Crippen LogP contribution in [0.3, 0.4) is 0 Å². The standard InChI is InChI=1S/C23H14BrFN2O3/c24-14-7-8-18-16(10-14)21(28)19-20(15-5-1-2-6-17(15)25)27(23(29)22(19)30-18)12-13-4-3-9-26-11-13/h1-11,20H,12H2. The Kier molecular flexibility index (Phi) is 4.47. The smallest absolute Gasteiger partial charge is 0.291 e. The summed E-state index contributed by atoms with van der Waals surface area (Å²) in [6.07, 6.45) is 3.27. The second-order valence-corrected chi connectivity index (χ2v) is 7.95. The minimum atomic E-state index is -0.895. The highest BCUT2D eigenvalue weighted by Crippen LogP contribution is 2.40. The molecule has 2 aromatic heterocycles. The average Bonchev–Trinajstić information content (AvgIpc) is 3.02. The van der Waals surface area contributed by atoms with Crippen LogP contribution in [-0.4, -0.2) is 15.8 Å². The molecule has 0 spiro atoms. The van der Waals surface area contributed by atoms with Gasteiger partial charge in [-0.1, -0.05) is 40.2 Å². The summed E-state index contributed by atoms with van der Waals surface area (Å²) in [6.45, 7) is 0.162. The Morgan fingerprint density at radius 2 is 1.93 bits per heavy atom. The Morgan fingerprint density at radius 3 is 2.70 bits per heavy atom. The predicted octanol–water partition coefficient (Wildman–Crippen LogP) is 4.84. The van der Waals surface area contributed by atoms with Crippen LogP contribution < -0.4 is 5.43 Å². The minimum absolute atomic E-state index is 0.0491. The maximum Gasteiger partial charge on any atom is 0.291 e. The Labute approximate surface area is 178 Å². The quantitative estimate of drug-likeness (QED) is 0.435. The minimum Gasteiger partial charge on any atom is -0.450 e. The fraction of sp³-hybridized carbons (Fsp3) is 0.0870. The van der Waals surface area contributed by atoms with Gasteiger partial charge in [0.15, 0.2) is 5.43 Å². The van der Waals surface area contributed by atoms with Crippen molar-refractivity contribution in [1.29, 1.82) is 0 Å². The first kappa shape index (κ1) is 18.7. The van der Waals surface area contributed by atoms with Crippen LogP contribution in [0.4, 0.5) is 4.39 Å². The van der Waals surface area contributed by atoms with Gasteiger partial charge in [-0.25, -0.2) is 4.39 Å². The van der Waals surface area contributed by atoms with Crippen molar-refractivity contribution in [3.05, 3.63) is 110 Å². The summed E-state index contributed by atoms with van der Waals surface area (Å²) >= 11 is 3.36. The largest absolute Gasteiger partial charge is 0.450 e. The van der Waals surface area contributed by atoms with Crippen molar-refractivity contribution in [2.75, 3.05) is 0 Å². The van der Waals surface area contributed by atoms with Crippen LogP contribution in [0.5, 0.6) is 0 Å². The molecule has 0 aliphatic carbocycles. The van der Waals surface area contributed by atoms with Gasteiger partial charge in [0.25, 0.3) is 5.91 Å². The molecule has 7 heteroatoms. The summed E-state index contributed by atoms with van der Waals surface area (Å²) < 4.78 is 21.4. The maximum atomic E-state index is 14.8. The number of pyridine rings is 1. The van der Waals surface area contributed by atoms with Crippen LogP contribution >= 0.6 is 15.9 Å². The van der Waals surface area contributed by atoms with Crippen LogP contribution in [0.1, 0.15) is 33.3 Å². The van der Waals surface area contributed by atoms with Crippen molar-refractivity contribution in [2.45, 2.75) is 12.6 Å². The molecule has 148 valence electrons. The molecule has 0 bridgehead atoms. The first-order valence-electron chi connectivity index (χ1n) is 9.25. The molecule has 1 aliphatic rings. The Balaban J connectivity index is 1.77. The van der Waals surface area contributed by atoms with E-state index in [1.54, 1.807) is 54.9 Å². The SMILES string of the molecule is O=C1c2oc3ccc(Br)cc3c(=O)c2C(c2ccccc2F)N1Cc1cccnc1. The molecule has 2 aromatic carbocycles. The van der Waals surface area contributed by atoms with E-state index in [4.69, 9.17) is 4.42 Å². The fourth-order valence-electron chi connectivity index (χ4n) is 3.86. The van der Waals surface area contributed by atoms with Crippen LogP contribution in [0, 0.1) is 5.82 Å². The van der Waals surface area contributed by atoms with Crippen molar-refractivity contribution < 1.29 is 13.6 Å². The summed E-state index contributed by atoms with van der Waals surface area (Å²) in [7, 11) is 0. The molecular weight excluding hydrogens is 451 g/mol. The van der Waals surface area contributed by atoms with Gasteiger partial charge in [0.05, 0.1) is 17.0 Å². The van der Waals surface area contributed by atoms with Crippen LogP contribution in [-0.2, 0) is 6.54 Å². The lowest BCUT2D eigenvalue weighted by molar-refractivity contribution is 0.0712. The van der Waals surface area contributed by atoms with Gasteiger partial charge in [0.2, 0.25) is 5.76 Å². The van der Waals surface area contributed by atoms with Gasteiger partial charge < -0.3 is 9.32 Å². The van der Waals surface area contributed by atoms with E-state index in [2.05, 4.69) is 20.9 Å². The Bertz CT molecular complexity index is 1350. The highest BCUT2D eigenvalue weighted by atomic mass is 79.9. The highest BCUT2D eigenvalue weighted by Gasteiger charge is 2.43. The van der Waals surface area contributed by atoms with E-state index in [9.17, 15) is 14.0 Å². The molecule has 0 fully saturated rings. The number of halogens is 2. The van der Waals surface area contributed by atoms with Crippen molar-refractivity contribution >= 4 is 32.8 Å². The number of carbonyl (C=O) groups is 1. The predicted molar refractivity (Wildman–Crippen MR) is 113 cm³/mol. The van der Waals surface area contributed by atoms with Gasteiger partial charge in [-0.05, 0) is 35.9 Å². The normalized spacial score (nSPS) is 15.6. The third-order valence-electron chi connectivity index (χ3n) is 5.20.